The molecule has 6 heteroatoms. The number of benzene rings is 26. The molecule has 0 fully saturated rings. The first kappa shape index (κ1) is 84.9. The average molecular weight is 1870 g/mol. The second-order valence-electron chi connectivity index (χ2n) is 37.3. The van der Waals surface area contributed by atoms with Gasteiger partial charge in [-0.05, 0) is 335 Å². The van der Waals surface area contributed by atoms with Crippen molar-refractivity contribution in [2.45, 2.75) is 0 Å². The first-order valence-electron chi connectivity index (χ1n) is 49.2. The van der Waals surface area contributed by atoms with Gasteiger partial charge in [0.05, 0.1) is 0 Å². The molecule has 0 aliphatic heterocycles. The molecule has 0 radical (unpaired) electrons. The highest BCUT2D eigenvalue weighted by Crippen LogP contribution is 2.49. The monoisotopic (exact) mass is 1870 g/mol. The Bertz CT molecular complexity index is 9940. The fourth-order valence-electron chi connectivity index (χ4n) is 21.8. The molecule has 29 rings (SSSR count). The molecule has 4 nitrogen and oxygen atoms in total. The molecule has 0 bridgehead atoms. The highest BCUT2D eigenvalue weighted by Gasteiger charge is 2.22. The van der Waals surface area contributed by atoms with E-state index in [1.807, 2.05) is 34.8 Å². The van der Waals surface area contributed by atoms with Gasteiger partial charge >= 0.3 is 0 Å². The van der Waals surface area contributed by atoms with Crippen LogP contribution in [0.1, 0.15) is 0 Å². The molecule has 0 N–H and O–H groups in total. The van der Waals surface area contributed by atoms with Gasteiger partial charge in [0.25, 0.3) is 0 Å². The van der Waals surface area contributed by atoms with Crippen molar-refractivity contribution >= 4 is 233 Å². The topological polar surface area (TPSA) is 22.9 Å². The van der Waals surface area contributed by atoms with Gasteiger partial charge in [-0.15, -0.1) is 22.7 Å². The van der Waals surface area contributed by atoms with Crippen LogP contribution in [-0.4, -0.2) is 0 Å². The van der Waals surface area contributed by atoms with Crippen LogP contribution in [0.15, 0.2) is 544 Å². The number of anilines is 9. The van der Waals surface area contributed by atoms with Crippen molar-refractivity contribution in [3.8, 4) is 55.6 Å². The largest absolute Gasteiger partial charge is 0.456 e. The van der Waals surface area contributed by atoms with E-state index in [4.69, 9.17) is 4.42 Å². The van der Waals surface area contributed by atoms with E-state index in [0.717, 1.165) is 73.1 Å². The van der Waals surface area contributed by atoms with Crippen molar-refractivity contribution in [1.29, 1.82) is 0 Å². The number of hydrogen-bond acceptors (Lipinski definition) is 6. The van der Waals surface area contributed by atoms with Crippen LogP contribution in [0.5, 0.6) is 0 Å². The highest BCUT2D eigenvalue weighted by molar-refractivity contribution is 7.26. The lowest BCUT2D eigenvalue weighted by atomic mass is 9.93. The number of thiophene rings is 2. The van der Waals surface area contributed by atoms with E-state index >= 15 is 0 Å². The number of hydrogen-bond donors (Lipinski definition) is 0. The number of rotatable bonds is 14. The number of nitrogens with zero attached hydrogens (tertiary/aromatic N) is 3. The maximum absolute atomic E-state index is 6.30. The Labute approximate surface area is 841 Å². The minimum atomic E-state index is 0.926. The molecule has 144 heavy (non-hydrogen) atoms. The zero-order chi connectivity index (χ0) is 95.1. The third kappa shape index (κ3) is 15.6. The molecule has 674 valence electrons. The van der Waals surface area contributed by atoms with Crippen molar-refractivity contribution in [3.63, 3.8) is 0 Å². The summed E-state index contributed by atoms with van der Waals surface area (Å²) in [4.78, 5) is 6.96. The Morgan fingerprint density at radius 3 is 0.778 bits per heavy atom. The van der Waals surface area contributed by atoms with E-state index in [1.54, 1.807) is 0 Å². The maximum atomic E-state index is 6.30. The average Bonchev–Trinajstić information content (AvgIpc) is 1.44. The van der Waals surface area contributed by atoms with E-state index in [1.165, 1.54) is 193 Å². The summed E-state index contributed by atoms with van der Waals surface area (Å²) in [5, 5.41) is 30.6. The Hall–Kier alpha value is -18.3. The summed E-state index contributed by atoms with van der Waals surface area (Å²) >= 11 is 3.76. The Balaban J connectivity index is 0.000000108. The molecule has 3 heterocycles. The fraction of sp³-hybridized carbons (Fsp3) is 0. The number of fused-ring (bicyclic) bond motifs is 24. The van der Waals surface area contributed by atoms with Crippen molar-refractivity contribution in [1.82, 2.24) is 0 Å². The summed E-state index contributed by atoms with van der Waals surface area (Å²) in [6.07, 6.45) is 0. The van der Waals surface area contributed by atoms with Crippen LogP contribution < -0.4 is 14.7 Å². The number of furan rings is 1. The lowest BCUT2D eigenvalue weighted by Gasteiger charge is -2.26. The summed E-state index contributed by atoms with van der Waals surface area (Å²) in [5.41, 5.74) is 24.1. The van der Waals surface area contributed by atoms with Gasteiger partial charge < -0.3 is 19.1 Å². The highest BCUT2D eigenvalue weighted by atomic mass is 32.1. The van der Waals surface area contributed by atoms with Gasteiger partial charge in [-0.3, -0.25) is 0 Å². The van der Waals surface area contributed by atoms with E-state index in [-0.39, 0.29) is 0 Å². The van der Waals surface area contributed by atoms with E-state index < -0.39 is 0 Å². The molecule has 0 aliphatic rings. The molecular weight excluding hydrogens is 1780 g/mol. The van der Waals surface area contributed by atoms with Gasteiger partial charge in [0, 0.05) is 102 Å². The summed E-state index contributed by atoms with van der Waals surface area (Å²) in [6, 6.07) is 196. The Morgan fingerprint density at radius 2 is 0.389 bits per heavy atom. The summed E-state index contributed by atoms with van der Waals surface area (Å²) < 4.78 is 11.7. The smallest absolute Gasteiger partial charge is 0.136 e. The molecule has 0 saturated heterocycles. The second kappa shape index (κ2) is 36.2. The lowest BCUT2D eigenvalue weighted by Crippen LogP contribution is -2.09. The van der Waals surface area contributed by atoms with Gasteiger partial charge in [0.15, 0.2) is 0 Å². The van der Waals surface area contributed by atoms with Crippen LogP contribution in [-0.2, 0) is 0 Å². The lowest BCUT2D eigenvalue weighted by molar-refractivity contribution is 0.669. The van der Waals surface area contributed by atoms with Crippen molar-refractivity contribution in [2.75, 3.05) is 14.7 Å². The van der Waals surface area contributed by atoms with Gasteiger partial charge in [0.2, 0.25) is 0 Å². The molecule has 0 unspecified atom stereocenters. The molecule has 0 amide bonds. The van der Waals surface area contributed by atoms with E-state index in [2.05, 4.69) is 542 Å². The molecule has 29 aromatic rings. The molecule has 0 aliphatic carbocycles. The summed E-state index contributed by atoms with van der Waals surface area (Å²) in [5.74, 6) is 0. The van der Waals surface area contributed by atoms with Crippen molar-refractivity contribution < 1.29 is 4.42 Å². The van der Waals surface area contributed by atoms with Gasteiger partial charge in [0.1, 0.15) is 11.2 Å². The maximum Gasteiger partial charge on any atom is 0.136 e. The van der Waals surface area contributed by atoms with Crippen LogP contribution in [0.3, 0.4) is 0 Å². The van der Waals surface area contributed by atoms with E-state index in [9.17, 15) is 0 Å². The standard InChI is InChI=1S/C48H31NO.C48H31NS.C42H27NS/c1-3-9-32(10-4-1)33-19-24-40(25-20-33)49(39-11-5-2-6-12-39)41-26-21-34(22-27-41)36-23-28-42-37(29-36)17-15-35-16-18-38-30-45-43-13-7-8-14-46(43)50-47(45)31-44(38)48(35)42;1-3-9-32(10-4-1)33-19-24-40(25-20-33)49(39-11-5-2-6-12-39)41-26-21-34(22-27-41)36-23-28-42-37(29-36)17-15-35-16-18-38-30-47-45(31-44(38)48(35)42)43-13-7-8-14-46(43)50-47;1-3-11-33(12-4-1)43(34-13-5-2-6-14-34)35-15-9-10-29(25-35)30-22-23-36-31(24-30)20-18-28-19-21-32-26-41-39(27-38(32)42(28)36)37-16-7-8-17-40(37)44-41/h2*1-31H;1-27H. The quantitative estimate of drug-likeness (QED) is 0.101. The Morgan fingerprint density at radius 1 is 0.125 bits per heavy atom. The summed E-state index contributed by atoms with van der Waals surface area (Å²) in [6.45, 7) is 0. The van der Waals surface area contributed by atoms with E-state index in [0.29, 0.717) is 0 Å². The summed E-state index contributed by atoms with van der Waals surface area (Å²) in [7, 11) is 0. The number of para-hydroxylation sites is 5. The Kier molecular flexibility index (Phi) is 21.3. The van der Waals surface area contributed by atoms with Gasteiger partial charge in [-0.2, -0.15) is 0 Å². The zero-order valence-corrected chi connectivity index (χ0v) is 80.1. The molecule has 0 atom stereocenters. The SMILES string of the molecule is c1ccc(-c2ccc(N(c3ccccc3)c3ccc(-c4ccc5c(ccc6ccc7cc8c(cc7c65)oc5ccccc58)c4)cc3)cc2)cc1.c1ccc(-c2ccc(N(c3ccccc3)c3ccc(-c4ccc5c(ccc6ccc7cc8sc9ccccc9c8cc7c65)c4)cc3)cc2)cc1.c1ccc(N(c2ccccc2)c2cccc(-c3ccc4c(ccc5ccc6cc7sc8ccccc8c7cc6c54)c3)c2)cc1. The van der Waals surface area contributed by atoms with Crippen LogP contribution in [0.2, 0.25) is 0 Å². The zero-order valence-electron chi connectivity index (χ0n) is 78.5. The minimum absolute atomic E-state index is 0.926. The predicted octanol–water partition coefficient (Wildman–Crippen LogP) is 40.8. The van der Waals surface area contributed by atoms with Crippen LogP contribution in [0.4, 0.5) is 51.2 Å². The fourth-order valence-corrected chi connectivity index (χ4v) is 24.1. The van der Waals surface area contributed by atoms with Crippen molar-refractivity contribution in [2.24, 2.45) is 0 Å². The first-order valence-corrected chi connectivity index (χ1v) is 50.8. The molecule has 0 spiro atoms. The molecule has 26 aromatic carbocycles. The van der Waals surface area contributed by atoms with Crippen molar-refractivity contribution in [3.05, 3.63) is 540 Å². The van der Waals surface area contributed by atoms with Crippen LogP contribution in [0, 0.1) is 0 Å². The molecule has 3 aromatic heterocycles. The van der Waals surface area contributed by atoms with Gasteiger partial charge in [-0.1, -0.05) is 358 Å². The first-order chi connectivity index (χ1) is 71.3. The predicted molar refractivity (Wildman–Crippen MR) is 621 cm³/mol. The minimum Gasteiger partial charge on any atom is -0.456 e. The van der Waals surface area contributed by atoms with Gasteiger partial charge in [-0.25, -0.2) is 0 Å². The van der Waals surface area contributed by atoms with Crippen LogP contribution >= 0.6 is 22.7 Å². The third-order valence-electron chi connectivity index (χ3n) is 28.8. The molecule has 0 saturated carbocycles. The second-order valence-corrected chi connectivity index (χ2v) is 39.5. The third-order valence-corrected chi connectivity index (χ3v) is 31.1. The molecular formula is C138H89N3OS2. The normalized spacial score (nSPS) is 11.6. The van der Waals surface area contributed by atoms with Crippen LogP contribution in [0.25, 0.3) is 215 Å².